The summed E-state index contributed by atoms with van der Waals surface area (Å²) >= 11 is 0. The second-order valence-corrected chi connectivity index (χ2v) is 5.21. The Morgan fingerprint density at radius 3 is 2.71 bits per heavy atom. The van der Waals surface area contributed by atoms with E-state index >= 15 is 0 Å². The van der Waals surface area contributed by atoms with Crippen molar-refractivity contribution in [1.82, 2.24) is 14.8 Å². The fraction of sp³-hybridized carbons (Fsp3) is 0.188. The molecule has 106 valence electrons. The predicted octanol–water partition coefficient (Wildman–Crippen LogP) is 3.24. The summed E-state index contributed by atoms with van der Waals surface area (Å²) in [6, 6.07) is 10.9. The monoisotopic (exact) mass is 281 g/mol. The SMILES string of the molecule is CC(C)c1cc(C(=O)O)cc(-n2ncc3ccccc32)n1. The minimum Gasteiger partial charge on any atom is -0.478 e. The summed E-state index contributed by atoms with van der Waals surface area (Å²) in [5, 5.41) is 14.6. The van der Waals surface area contributed by atoms with Gasteiger partial charge in [-0.05, 0) is 24.1 Å². The van der Waals surface area contributed by atoms with E-state index in [9.17, 15) is 9.90 Å². The molecule has 3 aromatic rings. The van der Waals surface area contributed by atoms with E-state index in [-0.39, 0.29) is 11.5 Å². The van der Waals surface area contributed by atoms with Gasteiger partial charge < -0.3 is 5.11 Å². The highest BCUT2D eigenvalue weighted by molar-refractivity contribution is 5.88. The van der Waals surface area contributed by atoms with Crippen molar-refractivity contribution in [1.29, 1.82) is 0 Å². The van der Waals surface area contributed by atoms with Crippen molar-refractivity contribution in [2.75, 3.05) is 0 Å². The van der Waals surface area contributed by atoms with Crippen LogP contribution in [0.2, 0.25) is 0 Å². The molecule has 0 spiro atoms. The van der Waals surface area contributed by atoms with Crippen molar-refractivity contribution in [3.8, 4) is 5.82 Å². The number of rotatable bonds is 3. The standard InChI is InChI=1S/C16H15N3O2/c1-10(2)13-7-12(16(20)21)8-15(18-13)19-14-6-4-3-5-11(14)9-17-19/h3-10H,1-2H3,(H,20,21). The number of carboxylic acids is 1. The summed E-state index contributed by atoms with van der Waals surface area (Å²) in [6.07, 6.45) is 1.75. The average Bonchev–Trinajstić information content (AvgIpc) is 2.90. The number of aromatic carboxylic acids is 1. The van der Waals surface area contributed by atoms with Crippen LogP contribution in [-0.2, 0) is 0 Å². The van der Waals surface area contributed by atoms with Crippen LogP contribution < -0.4 is 0 Å². The maximum atomic E-state index is 11.3. The quantitative estimate of drug-likeness (QED) is 0.800. The molecule has 0 saturated heterocycles. The van der Waals surface area contributed by atoms with Gasteiger partial charge >= 0.3 is 5.97 Å². The first-order valence-corrected chi connectivity index (χ1v) is 6.74. The summed E-state index contributed by atoms with van der Waals surface area (Å²) in [7, 11) is 0. The molecule has 0 aliphatic rings. The number of nitrogens with zero attached hydrogens (tertiary/aromatic N) is 3. The van der Waals surface area contributed by atoms with Crippen LogP contribution >= 0.6 is 0 Å². The van der Waals surface area contributed by atoms with Crippen molar-refractivity contribution in [2.45, 2.75) is 19.8 Å². The Morgan fingerprint density at radius 2 is 2.00 bits per heavy atom. The summed E-state index contributed by atoms with van der Waals surface area (Å²) in [6.45, 7) is 3.97. The van der Waals surface area contributed by atoms with Gasteiger partial charge in [0.1, 0.15) is 0 Å². The molecule has 0 radical (unpaired) electrons. The molecule has 2 heterocycles. The average molecular weight is 281 g/mol. The fourth-order valence-corrected chi connectivity index (χ4v) is 2.22. The van der Waals surface area contributed by atoms with Crippen LogP contribution in [0.4, 0.5) is 0 Å². The zero-order valence-electron chi connectivity index (χ0n) is 11.8. The second kappa shape index (κ2) is 5.01. The van der Waals surface area contributed by atoms with Crippen molar-refractivity contribution in [3.05, 3.63) is 53.9 Å². The van der Waals surface area contributed by atoms with E-state index in [1.807, 2.05) is 38.1 Å². The van der Waals surface area contributed by atoms with Gasteiger partial charge in [0, 0.05) is 11.1 Å². The molecular weight excluding hydrogens is 266 g/mol. The molecule has 0 aliphatic heterocycles. The van der Waals surface area contributed by atoms with Crippen LogP contribution in [0.3, 0.4) is 0 Å². The Kier molecular flexibility index (Phi) is 3.17. The summed E-state index contributed by atoms with van der Waals surface area (Å²) in [5.74, 6) is -0.290. The summed E-state index contributed by atoms with van der Waals surface area (Å²) in [5.41, 5.74) is 1.87. The lowest BCUT2D eigenvalue weighted by atomic mass is 10.1. The van der Waals surface area contributed by atoms with E-state index in [2.05, 4.69) is 10.1 Å². The molecule has 5 nitrogen and oxygen atoms in total. The molecule has 0 unspecified atom stereocenters. The van der Waals surface area contributed by atoms with E-state index in [1.54, 1.807) is 23.0 Å². The summed E-state index contributed by atoms with van der Waals surface area (Å²) < 4.78 is 1.67. The first-order valence-electron chi connectivity index (χ1n) is 6.74. The molecule has 1 aromatic carbocycles. The summed E-state index contributed by atoms with van der Waals surface area (Å²) in [4.78, 5) is 15.8. The largest absolute Gasteiger partial charge is 0.478 e. The van der Waals surface area contributed by atoms with Gasteiger partial charge in [0.25, 0.3) is 0 Å². The molecule has 3 rings (SSSR count). The van der Waals surface area contributed by atoms with Gasteiger partial charge in [-0.3, -0.25) is 0 Å². The van der Waals surface area contributed by atoms with E-state index in [0.717, 1.165) is 16.6 Å². The van der Waals surface area contributed by atoms with E-state index < -0.39 is 5.97 Å². The number of fused-ring (bicyclic) bond motifs is 1. The van der Waals surface area contributed by atoms with E-state index in [1.165, 1.54) is 0 Å². The number of hydrogen-bond acceptors (Lipinski definition) is 3. The molecule has 0 atom stereocenters. The maximum Gasteiger partial charge on any atom is 0.335 e. The molecule has 0 saturated carbocycles. The van der Waals surface area contributed by atoms with Crippen molar-refractivity contribution in [3.63, 3.8) is 0 Å². The Labute approximate surface area is 121 Å². The lowest BCUT2D eigenvalue weighted by Gasteiger charge is -2.10. The van der Waals surface area contributed by atoms with Gasteiger partial charge in [0.15, 0.2) is 5.82 Å². The minimum atomic E-state index is -0.961. The molecule has 21 heavy (non-hydrogen) atoms. The normalized spacial score (nSPS) is 11.2. The zero-order chi connectivity index (χ0) is 15.0. The van der Waals surface area contributed by atoms with Crippen LogP contribution in [0.5, 0.6) is 0 Å². The molecule has 0 bridgehead atoms. The Balaban J connectivity index is 2.24. The van der Waals surface area contributed by atoms with Crippen LogP contribution in [0, 0.1) is 0 Å². The number of pyridine rings is 1. The molecule has 1 N–H and O–H groups in total. The topological polar surface area (TPSA) is 68.0 Å². The minimum absolute atomic E-state index is 0.143. The highest BCUT2D eigenvalue weighted by Crippen LogP contribution is 2.21. The number of aromatic nitrogens is 3. The lowest BCUT2D eigenvalue weighted by Crippen LogP contribution is -2.07. The van der Waals surface area contributed by atoms with Gasteiger partial charge in [-0.1, -0.05) is 32.0 Å². The molecule has 0 fully saturated rings. The van der Waals surface area contributed by atoms with E-state index in [0.29, 0.717) is 5.82 Å². The molecule has 5 heteroatoms. The van der Waals surface area contributed by atoms with E-state index in [4.69, 9.17) is 0 Å². The van der Waals surface area contributed by atoms with Gasteiger partial charge in [-0.2, -0.15) is 5.10 Å². The molecular formula is C16H15N3O2. The highest BCUT2D eigenvalue weighted by Gasteiger charge is 2.13. The van der Waals surface area contributed by atoms with Crippen molar-refractivity contribution in [2.24, 2.45) is 0 Å². The number of hydrogen-bond donors (Lipinski definition) is 1. The van der Waals surface area contributed by atoms with Gasteiger partial charge in [0.05, 0.1) is 17.3 Å². The number of carboxylic acid groups (broad SMARTS) is 1. The van der Waals surface area contributed by atoms with Crippen molar-refractivity contribution < 1.29 is 9.90 Å². The molecule has 0 amide bonds. The van der Waals surface area contributed by atoms with Gasteiger partial charge in [0.2, 0.25) is 0 Å². The highest BCUT2D eigenvalue weighted by atomic mass is 16.4. The fourth-order valence-electron chi connectivity index (χ4n) is 2.22. The molecule has 2 aromatic heterocycles. The number of para-hydroxylation sites is 1. The third kappa shape index (κ3) is 2.38. The molecule has 0 aliphatic carbocycles. The number of benzene rings is 1. The second-order valence-electron chi connectivity index (χ2n) is 5.21. The van der Waals surface area contributed by atoms with Gasteiger partial charge in [-0.15, -0.1) is 0 Å². The van der Waals surface area contributed by atoms with Gasteiger partial charge in [-0.25, -0.2) is 14.5 Å². The van der Waals surface area contributed by atoms with Crippen LogP contribution in [0.15, 0.2) is 42.6 Å². The Bertz CT molecular complexity index is 821. The first kappa shape index (κ1) is 13.3. The zero-order valence-corrected chi connectivity index (χ0v) is 11.8. The first-order chi connectivity index (χ1) is 10.1. The Hall–Kier alpha value is -2.69. The van der Waals surface area contributed by atoms with Crippen LogP contribution in [0.25, 0.3) is 16.7 Å². The van der Waals surface area contributed by atoms with Crippen LogP contribution in [0.1, 0.15) is 35.8 Å². The number of carbonyl (C=O) groups is 1. The Morgan fingerprint density at radius 1 is 1.24 bits per heavy atom. The maximum absolute atomic E-state index is 11.3. The smallest absolute Gasteiger partial charge is 0.335 e. The third-order valence-electron chi connectivity index (χ3n) is 3.36. The lowest BCUT2D eigenvalue weighted by molar-refractivity contribution is 0.0696. The van der Waals surface area contributed by atoms with Crippen molar-refractivity contribution >= 4 is 16.9 Å². The third-order valence-corrected chi connectivity index (χ3v) is 3.36. The van der Waals surface area contributed by atoms with Crippen LogP contribution in [-0.4, -0.2) is 25.8 Å². The predicted molar refractivity (Wildman–Crippen MR) is 79.9 cm³/mol.